The number of halogens is 1. The van der Waals surface area contributed by atoms with Crippen molar-refractivity contribution in [3.05, 3.63) is 28.2 Å². The predicted octanol–water partition coefficient (Wildman–Crippen LogP) is 2.77. The highest BCUT2D eigenvalue weighted by atomic mass is 79.9. The lowest BCUT2D eigenvalue weighted by Gasteiger charge is -2.36. The van der Waals surface area contributed by atoms with Crippen molar-refractivity contribution in [2.75, 3.05) is 13.7 Å². The molecule has 2 atom stereocenters. The highest BCUT2D eigenvalue weighted by molar-refractivity contribution is 9.10. The average Bonchev–Trinajstić information content (AvgIpc) is 2.35. The Balaban J connectivity index is 2.08. The van der Waals surface area contributed by atoms with E-state index in [1.807, 2.05) is 6.07 Å². The van der Waals surface area contributed by atoms with Crippen molar-refractivity contribution in [1.82, 2.24) is 4.90 Å². The van der Waals surface area contributed by atoms with E-state index in [1.165, 1.54) is 5.56 Å². The van der Waals surface area contributed by atoms with Crippen LogP contribution in [-0.2, 0) is 6.54 Å². The van der Waals surface area contributed by atoms with Crippen LogP contribution >= 0.6 is 15.9 Å². The van der Waals surface area contributed by atoms with Gasteiger partial charge in [0.1, 0.15) is 5.75 Å². The highest BCUT2D eigenvalue weighted by Gasteiger charge is 2.23. The molecule has 0 amide bonds. The van der Waals surface area contributed by atoms with E-state index in [-0.39, 0.29) is 0 Å². The molecule has 1 aromatic carbocycles. The number of methoxy groups -OCH3 is 1. The van der Waals surface area contributed by atoms with Crippen LogP contribution in [-0.4, -0.2) is 30.6 Å². The molecule has 1 aliphatic heterocycles. The van der Waals surface area contributed by atoms with E-state index in [2.05, 4.69) is 39.9 Å². The normalized spacial score (nSPS) is 25.1. The number of benzene rings is 1. The van der Waals surface area contributed by atoms with Crippen LogP contribution in [0.25, 0.3) is 0 Å². The van der Waals surface area contributed by atoms with Gasteiger partial charge in [-0.05, 0) is 43.5 Å². The van der Waals surface area contributed by atoms with Gasteiger partial charge in [-0.1, -0.05) is 15.9 Å². The fourth-order valence-corrected chi connectivity index (χ4v) is 2.88. The SMILES string of the molecule is COc1ccc(Br)c(CN2CCC(N)CC2C)c1. The van der Waals surface area contributed by atoms with Gasteiger partial charge < -0.3 is 10.5 Å². The minimum absolute atomic E-state index is 0.366. The van der Waals surface area contributed by atoms with E-state index >= 15 is 0 Å². The first-order chi connectivity index (χ1) is 8.60. The van der Waals surface area contributed by atoms with Crippen LogP contribution < -0.4 is 10.5 Å². The first kappa shape index (κ1) is 13.8. The van der Waals surface area contributed by atoms with Gasteiger partial charge in [-0.15, -0.1) is 0 Å². The fraction of sp³-hybridized carbons (Fsp3) is 0.571. The first-order valence-corrected chi connectivity index (χ1v) is 7.21. The minimum Gasteiger partial charge on any atom is -0.497 e. The van der Waals surface area contributed by atoms with Crippen molar-refractivity contribution in [3.63, 3.8) is 0 Å². The Morgan fingerprint density at radius 1 is 1.50 bits per heavy atom. The van der Waals surface area contributed by atoms with E-state index in [9.17, 15) is 0 Å². The second-order valence-electron chi connectivity index (χ2n) is 5.06. The zero-order valence-electron chi connectivity index (χ0n) is 11.0. The van der Waals surface area contributed by atoms with Gasteiger partial charge in [-0.2, -0.15) is 0 Å². The summed E-state index contributed by atoms with van der Waals surface area (Å²) in [6.07, 6.45) is 2.17. The molecule has 0 bridgehead atoms. The van der Waals surface area contributed by atoms with E-state index in [0.717, 1.165) is 36.2 Å². The molecule has 100 valence electrons. The first-order valence-electron chi connectivity index (χ1n) is 6.42. The zero-order valence-corrected chi connectivity index (χ0v) is 12.6. The maximum absolute atomic E-state index is 6.00. The number of piperidine rings is 1. The molecule has 1 aromatic rings. The smallest absolute Gasteiger partial charge is 0.119 e. The molecule has 1 aliphatic rings. The molecule has 1 saturated heterocycles. The van der Waals surface area contributed by atoms with Gasteiger partial charge in [0.25, 0.3) is 0 Å². The van der Waals surface area contributed by atoms with Crippen LogP contribution in [0.4, 0.5) is 0 Å². The minimum atomic E-state index is 0.366. The van der Waals surface area contributed by atoms with Gasteiger partial charge in [0.05, 0.1) is 7.11 Å². The van der Waals surface area contributed by atoms with Crippen molar-refractivity contribution in [1.29, 1.82) is 0 Å². The number of nitrogens with zero attached hydrogens (tertiary/aromatic N) is 1. The third-order valence-corrected chi connectivity index (χ3v) is 4.45. The second kappa shape index (κ2) is 6.04. The molecule has 2 N–H and O–H groups in total. The molecule has 2 unspecified atom stereocenters. The lowest BCUT2D eigenvalue weighted by molar-refractivity contribution is 0.139. The van der Waals surface area contributed by atoms with E-state index in [4.69, 9.17) is 10.5 Å². The summed E-state index contributed by atoms with van der Waals surface area (Å²) in [6, 6.07) is 7.04. The summed E-state index contributed by atoms with van der Waals surface area (Å²) in [5.41, 5.74) is 7.28. The Bertz CT molecular complexity index is 411. The molecule has 4 heteroatoms. The van der Waals surface area contributed by atoms with Crippen molar-refractivity contribution >= 4 is 15.9 Å². The van der Waals surface area contributed by atoms with Gasteiger partial charge in [0.2, 0.25) is 0 Å². The number of nitrogens with two attached hydrogens (primary N) is 1. The summed E-state index contributed by atoms with van der Waals surface area (Å²) in [6.45, 7) is 4.28. The molecule has 18 heavy (non-hydrogen) atoms. The second-order valence-corrected chi connectivity index (χ2v) is 5.92. The van der Waals surface area contributed by atoms with Crippen LogP contribution in [0.15, 0.2) is 22.7 Å². The Morgan fingerprint density at radius 3 is 2.94 bits per heavy atom. The van der Waals surface area contributed by atoms with Crippen molar-refractivity contribution in [2.45, 2.75) is 38.4 Å². The topological polar surface area (TPSA) is 38.5 Å². The number of ether oxygens (including phenoxy) is 1. The zero-order chi connectivity index (χ0) is 13.1. The molecule has 0 aromatic heterocycles. The summed E-state index contributed by atoms with van der Waals surface area (Å²) in [5, 5.41) is 0. The largest absolute Gasteiger partial charge is 0.497 e. The molecule has 2 rings (SSSR count). The third kappa shape index (κ3) is 3.25. The van der Waals surface area contributed by atoms with Crippen LogP contribution in [0.2, 0.25) is 0 Å². The number of hydrogen-bond acceptors (Lipinski definition) is 3. The van der Waals surface area contributed by atoms with Crippen LogP contribution in [0.3, 0.4) is 0 Å². The number of hydrogen-bond donors (Lipinski definition) is 1. The highest BCUT2D eigenvalue weighted by Crippen LogP contribution is 2.26. The Labute approximate surface area is 117 Å². The van der Waals surface area contributed by atoms with Crippen LogP contribution in [0, 0.1) is 0 Å². The molecular weight excluding hydrogens is 292 g/mol. The van der Waals surface area contributed by atoms with Crippen LogP contribution in [0.1, 0.15) is 25.3 Å². The summed E-state index contributed by atoms with van der Waals surface area (Å²) in [7, 11) is 1.70. The van der Waals surface area contributed by atoms with Crippen molar-refractivity contribution in [3.8, 4) is 5.75 Å². The quantitative estimate of drug-likeness (QED) is 0.932. The van der Waals surface area contributed by atoms with E-state index in [0.29, 0.717) is 12.1 Å². The molecule has 0 saturated carbocycles. The van der Waals surface area contributed by atoms with Gasteiger partial charge in [0.15, 0.2) is 0 Å². The lowest BCUT2D eigenvalue weighted by Crippen LogP contribution is -2.45. The number of rotatable bonds is 3. The lowest BCUT2D eigenvalue weighted by atomic mass is 9.98. The van der Waals surface area contributed by atoms with Gasteiger partial charge >= 0.3 is 0 Å². The van der Waals surface area contributed by atoms with E-state index in [1.54, 1.807) is 7.11 Å². The monoisotopic (exact) mass is 312 g/mol. The molecule has 1 fully saturated rings. The van der Waals surface area contributed by atoms with E-state index < -0.39 is 0 Å². The third-order valence-electron chi connectivity index (χ3n) is 3.68. The van der Waals surface area contributed by atoms with Gasteiger partial charge in [0, 0.05) is 29.6 Å². The van der Waals surface area contributed by atoms with Crippen molar-refractivity contribution in [2.24, 2.45) is 5.73 Å². The number of likely N-dealkylation sites (tertiary alicyclic amines) is 1. The summed E-state index contributed by atoms with van der Waals surface area (Å²) in [4.78, 5) is 2.49. The Kier molecular flexibility index (Phi) is 4.65. The Hall–Kier alpha value is -0.580. The molecule has 3 nitrogen and oxygen atoms in total. The average molecular weight is 313 g/mol. The Morgan fingerprint density at radius 2 is 2.28 bits per heavy atom. The summed E-state index contributed by atoms with van der Waals surface area (Å²) < 4.78 is 6.43. The summed E-state index contributed by atoms with van der Waals surface area (Å²) >= 11 is 3.61. The molecule has 0 aliphatic carbocycles. The molecule has 0 radical (unpaired) electrons. The standard InChI is InChI=1S/C14H21BrN2O/c1-10-7-12(16)5-6-17(10)9-11-8-13(18-2)3-4-14(11)15/h3-4,8,10,12H,5-7,9,16H2,1-2H3. The van der Waals surface area contributed by atoms with Crippen molar-refractivity contribution < 1.29 is 4.74 Å². The maximum atomic E-state index is 6.00. The predicted molar refractivity (Wildman–Crippen MR) is 77.8 cm³/mol. The fourth-order valence-electron chi connectivity index (χ4n) is 2.51. The maximum Gasteiger partial charge on any atom is 0.119 e. The van der Waals surface area contributed by atoms with Gasteiger partial charge in [-0.3, -0.25) is 4.90 Å². The summed E-state index contributed by atoms with van der Waals surface area (Å²) in [5.74, 6) is 0.912. The molecule has 1 heterocycles. The molecular formula is C14H21BrN2O. The molecule has 0 spiro atoms. The van der Waals surface area contributed by atoms with Crippen LogP contribution in [0.5, 0.6) is 5.75 Å². The van der Waals surface area contributed by atoms with Gasteiger partial charge in [-0.25, -0.2) is 0 Å².